The van der Waals surface area contributed by atoms with Crippen LogP contribution in [0.1, 0.15) is 117 Å². The van der Waals surface area contributed by atoms with Gasteiger partial charge < -0.3 is 34.3 Å². The lowest BCUT2D eigenvalue weighted by Crippen LogP contribution is -2.34. The van der Waals surface area contributed by atoms with Crippen molar-refractivity contribution in [3.05, 3.63) is 230 Å². The smallest absolute Gasteiger partial charge is 0.150 e. The van der Waals surface area contributed by atoms with Crippen LogP contribution in [0, 0.1) is 22.5 Å². The average Bonchev–Trinajstić information content (AvgIpc) is 1.16. The Morgan fingerprint density at radius 3 is 1.17 bits per heavy atom. The minimum atomic E-state index is -0.928. The predicted molar refractivity (Wildman–Crippen MR) is 383 cm³/mol. The van der Waals surface area contributed by atoms with Gasteiger partial charge >= 0.3 is 0 Å². The fourth-order valence-electron chi connectivity index (χ4n) is 12.3. The zero-order valence-corrected chi connectivity index (χ0v) is 58.5. The molecular weight excluding hydrogens is 1380 g/mol. The number of benzene rings is 7. The van der Waals surface area contributed by atoms with Gasteiger partial charge in [0, 0.05) is 103 Å². The van der Waals surface area contributed by atoms with E-state index in [1.807, 2.05) is 48.5 Å². The molecule has 100 heavy (non-hydrogen) atoms. The fraction of sp³-hybridized carbons (Fsp3) is 0.300. The second-order valence-electron chi connectivity index (χ2n) is 25.9. The molecule has 15 rings (SSSR count). The summed E-state index contributed by atoms with van der Waals surface area (Å²) in [5.74, 6) is 2.79. The minimum Gasteiger partial charge on any atom is -0.508 e. The summed E-state index contributed by atoms with van der Waals surface area (Å²) in [5, 5.41) is 34.7. The number of aromatic hydroxyl groups is 1. The SMILES string of the molecule is COc1cc2nccc(Cl)c2cc1Br.COc1cc2nccc(Cl)c2cc1C1(O)CCC1.COc1cc2nccc(Oc3ccc(CC(=O)C4(C(=O)Cc5ccc(F)cc5)CC4)cc3)c2cc1C1(O)CCC1.O=C(Cc1ccc(O)cc1)C1(C(=O)Cc2ccc(F)cc2)CC1.O=C1CCC1. The Labute approximate surface area is 596 Å². The fourth-order valence-corrected chi connectivity index (χ4v) is 13.2. The van der Waals surface area contributed by atoms with Crippen LogP contribution in [0.4, 0.5) is 8.78 Å². The standard InChI is InChI=1S/C33H30FNO5.C19H17FO3.C14H14ClNO2.C10H7BrClNO.C4H6O/c1-39-29-20-27-25(19-26(29)33(38)12-2-13-33)28(11-16-35-27)40-24-9-5-22(6-10-24)18-31(37)32(14-15-32)30(36)17-21-3-7-23(34)8-4-21;20-15-5-1-13(2-6-15)11-17(22)19(9-10-19)18(23)12-14-3-7-16(21)8-4-14;1-18-13-8-12-9(11(15)3-6-16-12)7-10(13)14(17)4-2-5-14;1-14-10-5-9-6(4-7(10)11)8(12)2-3-13-9;5-4-2-1-3-4/h3-11,16,19-20,38H,2,12-15,17-18H2,1H3;1-8,21H,9-12H2;3,6-8,17H,2,4-5H2,1H3;2-5H,1H3;1-3H2. The van der Waals surface area contributed by atoms with Gasteiger partial charge in [0.15, 0.2) is 23.1 Å². The maximum Gasteiger partial charge on any atom is 0.150 e. The van der Waals surface area contributed by atoms with Crippen molar-refractivity contribution in [2.75, 3.05) is 21.3 Å². The highest BCUT2D eigenvalue weighted by atomic mass is 79.9. The van der Waals surface area contributed by atoms with Crippen molar-refractivity contribution in [1.82, 2.24) is 15.0 Å². The summed E-state index contributed by atoms with van der Waals surface area (Å²) in [4.78, 5) is 74.0. The number of ketones is 5. The first-order valence-electron chi connectivity index (χ1n) is 33.1. The molecule has 10 aromatic rings. The number of rotatable bonds is 19. The van der Waals surface area contributed by atoms with E-state index in [-0.39, 0.29) is 66.2 Å². The van der Waals surface area contributed by atoms with E-state index >= 15 is 0 Å². The molecule has 3 aromatic heterocycles. The topological polar surface area (TPSA) is 222 Å². The van der Waals surface area contributed by atoms with Crippen LogP contribution in [0.5, 0.6) is 34.5 Å². The van der Waals surface area contributed by atoms with Crippen LogP contribution in [0.15, 0.2) is 175 Å². The van der Waals surface area contributed by atoms with Gasteiger partial charge in [-0.3, -0.25) is 38.9 Å². The average molecular weight is 1460 g/mol. The van der Waals surface area contributed by atoms with Crippen LogP contribution in [0.3, 0.4) is 0 Å². The van der Waals surface area contributed by atoms with E-state index in [1.54, 1.807) is 107 Å². The van der Waals surface area contributed by atoms with Gasteiger partial charge in [0.05, 0.1) is 74.4 Å². The van der Waals surface area contributed by atoms with Crippen molar-refractivity contribution in [1.29, 1.82) is 0 Å². The quantitative estimate of drug-likeness (QED) is 0.0641. The number of halogens is 5. The van der Waals surface area contributed by atoms with Crippen LogP contribution in [-0.4, -0.2) is 80.5 Å². The molecule has 5 aliphatic rings. The number of aliphatic hydroxyl groups is 2. The molecule has 3 N–H and O–H groups in total. The molecular formula is C80H74BrCl2F2N3O12. The van der Waals surface area contributed by atoms with E-state index in [4.69, 9.17) is 42.1 Å². The lowest BCUT2D eigenvalue weighted by molar-refractivity contribution is -0.135. The van der Waals surface area contributed by atoms with Crippen molar-refractivity contribution < 1.29 is 67.0 Å². The summed E-state index contributed by atoms with van der Waals surface area (Å²) in [6.07, 6.45) is 15.7. The molecule has 0 unspecified atom stereocenters. The molecule has 7 aromatic carbocycles. The summed E-state index contributed by atoms with van der Waals surface area (Å²) in [7, 11) is 4.82. The molecule has 15 nitrogen and oxygen atoms in total. The van der Waals surface area contributed by atoms with Gasteiger partial charge in [0.2, 0.25) is 0 Å². The number of phenols is 1. The monoisotopic (exact) mass is 1460 g/mol. The Morgan fingerprint density at radius 1 is 0.460 bits per heavy atom. The first-order chi connectivity index (χ1) is 48.0. The third-order valence-corrected chi connectivity index (χ3v) is 20.6. The van der Waals surface area contributed by atoms with Crippen molar-refractivity contribution in [2.45, 2.75) is 120 Å². The molecule has 0 radical (unpaired) electrons. The number of Topliss-reactive ketones (excluding diaryl/α,β-unsaturated/α-hetero) is 5. The number of carbonyl (C=O) groups is 5. The summed E-state index contributed by atoms with van der Waals surface area (Å²) >= 11 is 15.6. The third-order valence-electron chi connectivity index (χ3n) is 19.3. The Kier molecular flexibility index (Phi) is 22.6. The van der Waals surface area contributed by atoms with Gasteiger partial charge in [0.1, 0.15) is 51.9 Å². The first-order valence-corrected chi connectivity index (χ1v) is 34.6. The molecule has 516 valence electrons. The van der Waals surface area contributed by atoms with Crippen LogP contribution in [-0.2, 0) is 60.9 Å². The van der Waals surface area contributed by atoms with Gasteiger partial charge in [-0.15, -0.1) is 0 Å². The number of fused-ring (bicyclic) bond motifs is 3. The first kappa shape index (κ1) is 72.2. The number of hydrogen-bond donors (Lipinski definition) is 3. The molecule has 0 atom stereocenters. The second kappa shape index (κ2) is 31.2. The van der Waals surface area contributed by atoms with Crippen molar-refractivity contribution in [3.63, 3.8) is 0 Å². The van der Waals surface area contributed by atoms with E-state index in [2.05, 4.69) is 30.9 Å². The highest BCUT2D eigenvalue weighted by Crippen LogP contribution is 2.51. The summed E-state index contributed by atoms with van der Waals surface area (Å²) < 4.78 is 49.3. The second-order valence-corrected chi connectivity index (χ2v) is 27.6. The highest BCUT2D eigenvalue weighted by molar-refractivity contribution is 9.10. The van der Waals surface area contributed by atoms with Crippen molar-refractivity contribution >= 4 is 101 Å². The van der Waals surface area contributed by atoms with E-state index in [0.717, 1.165) is 110 Å². The Bertz CT molecular complexity index is 4610. The van der Waals surface area contributed by atoms with E-state index in [9.17, 15) is 48.1 Å². The number of methoxy groups -OCH3 is 3. The van der Waals surface area contributed by atoms with Crippen LogP contribution in [0.2, 0.25) is 10.0 Å². The Morgan fingerprint density at radius 2 is 0.810 bits per heavy atom. The zero-order valence-electron chi connectivity index (χ0n) is 55.4. The van der Waals surface area contributed by atoms with Crippen LogP contribution in [0.25, 0.3) is 32.7 Å². The number of ether oxygens (including phenoxy) is 4. The van der Waals surface area contributed by atoms with Gasteiger partial charge in [-0.05, 0) is 194 Å². The van der Waals surface area contributed by atoms with Gasteiger partial charge in [0.25, 0.3) is 0 Å². The van der Waals surface area contributed by atoms with E-state index in [1.165, 1.54) is 36.4 Å². The number of hydrogen-bond acceptors (Lipinski definition) is 15. The summed E-state index contributed by atoms with van der Waals surface area (Å²) in [6.45, 7) is 0. The molecule has 0 bridgehead atoms. The maximum atomic E-state index is 13.2. The van der Waals surface area contributed by atoms with Gasteiger partial charge in [-0.1, -0.05) is 71.7 Å². The van der Waals surface area contributed by atoms with Crippen LogP contribution < -0.4 is 18.9 Å². The summed E-state index contributed by atoms with van der Waals surface area (Å²) in [5.41, 5.74) is 3.43. The van der Waals surface area contributed by atoms with Crippen molar-refractivity contribution in [3.8, 4) is 34.5 Å². The van der Waals surface area contributed by atoms with Gasteiger partial charge in [-0.2, -0.15) is 0 Å². The normalized spacial score (nSPS) is 15.9. The summed E-state index contributed by atoms with van der Waals surface area (Å²) in [6, 6.07) is 41.9. The molecule has 5 aliphatic carbocycles. The molecule has 0 aliphatic heterocycles. The lowest BCUT2D eigenvalue weighted by Gasteiger charge is -2.38. The number of nitrogens with zero attached hydrogens (tertiary/aromatic N) is 3. The lowest BCUT2D eigenvalue weighted by atomic mass is 9.74. The van der Waals surface area contributed by atoms with E-state index < -0.39 is 22.0 Å². The highest BCUT2D eigenvalue weighted by Gasteiger charge is 2.55. The molecule has 5 saturated carbocycles. The Balaban J connectivity index is 0.000000142. The third kappa shape index (κ3) is 16.7. The van der Waals surface area contributed by atoms with Crippen LogP contribution >= 0.6 is 39.1 Å². The molecule has 3 heterocycles. The number of pyridine rings is 3. The Hall–Kier alpha value is -9.04. The van der Waals surface area contributed by atoms with Gasteiger partial charge in [-0.25, -0.2) is 8.78 Å². The number of carbonyl (C=O) groups excluding carboxylic acids is 5. The molecule has 0 saturated heterocycles. The molecule has 0 spiro atoms. The molecule has 0 amide bonds. The number of phenolic OH excluding ortho intramolecular Hbond substituents is 1. The zero-order chi connectivity index (χ0) is 70.9. The largest absolute Gasteiger partial charge is 0.508 e. The van der Waals surface area contributed by atoms with Crippen molar-refractivity contribution in [2.24, 2.45) is 10.8 Å². The number of aromatic nitrogens is 3. The van der Waals surface area contributed by atoms with E-state index in [0.29, 0.717) is 88.4 Å². The minimum absolute atomic E-state index is 0.0738. The molecule has 20 heteroatoms. The predicted octanol–water partition coefficient (Wildman–Crippen LogP) is 17.2. The molecule has 5 fully saturated rings. The maximum absolute atomic E-state index is 13.2.